The van der Waals surface area contributed by atoms with Crippen molar-refractivity contribution in [2.24, 2.45) is 0 Å². The fourth-order valence-electron chi connectivity index (χ4n) is 3.79. The first kappa shape index (κ1) is 26.6. The molecule has 0 radical (unpaired) electrons. The lowest BCUT2D eigenvalue weighted by atomic mass is 10.1. The van der Waals surface area contributed by atoms with Crippen LogP contribution in [-0.4, -0.2) is 57.3 Å². The third-order valence-electron chi connectivity index (χ3n) is 5.89. The number of benzene rings is 2. The van der Waals surface area contributed by atoms with E-state index in [2.05, 4.69) is 28.7 Å². The Balaban J connectivity index is 0.000000338. The van der Waals surface area contributed by atoms with Gasteiger partial charge < -0.3 is 19.3 Å². The molecule has 188 valence electrons. The molecule has 0 saturated heterocycles. The van der Waals surface area contributed by atoms with E-state index in [1.807, 2.05) is 53.1 Å². The Morgan fingerprint density at radius 3 is 2.33 bits per heavy atom. The molecule has 2 aromatic heterocycles. The number of aromatic carboxylic acids is 1. The fraction of sp³-hybridized carbons (Fsp3) is 0.286. The van der Waals surface area contributed by atoms with E-state index in [1.165, 1.54) is 18.5 Å². The van der Waals surface area contributed by atoms with Gasteiger partial charge in [-0.15, -0.1) is 0 Å². The molecule has 2 aromatic carbocycles. The lowest BCUT2D eigenvalue weighted by molar-refractivity contribution is 0.0696. The number of ether oxygens (including phenoxy) is 1. The van der Waals surface area contributed by atoms with Crippen LogP contribution in [0.3, 0.4) is 0 Å². The topological polar surface area (TPSA) is 97.6 Å². The van der Waals surface area contributed by atoms with Gasteiger partial charge in [0.25, 0.3) is 5.56 Å². The molecular weight excluding hydrogens is 456 g/mol. The second-order valence-corrected chi connectivity index (χ2v) is 8.10. The van der Waals surface area contributed by atoms with Crippen molar-refractivity contribution in [3.05, 3.63) is 100 Å². The van der Waals surface area contributed by atoms with Gasteiger partial charge in [-0.1, -0.05) is 38.1 Å². The van der Waals surface area contributed by atoms with Crippen LogP contribution in [0.1, 0.15) is 35.5 Å². The summed E-state index contributed by atoms with van der Waals surface area (Å²) >= 11 is 0. The Morgan fingerprint density at radius 2 is 1.75 bits per heavy atom. The zero-order valence-electron chi connectivity index (χ0n) is 20.9. The standard InChI is InChI=1S/C22H27N3O2.C6H5NO2/c1-4-24(5-2)14-15-25-21-9-7-6-8-19(21)23-20(22(25)26)16-17-10-12-18(27-3)13-11-17;8-6(9)5-2-1-3-7-4-5/h6-13H,4-5,14-16H2,1-3H3;1-4H,(H,8,9). The number of carbonyl (C=O) groups is 1. The summed E-state index contributed by atoms with van der Waals surface area (Å²) in [6, 6.07) is 18.7. The summed E-state index contributed by atoms with van der Waals surface area (Å²) in [4.78, 5) is 33.9. The lowest BCUT2D eigenvalue weighted by Gasteiger charge is -2.20. The first-order chi connectivity index (χ1) is 17.5. The molecule has 0 aliphatic carbocycles. The number of hydrogen-bond acceptors (Lipinski definition) is 6. The van der Waals surface area contributed by atoms with Gasteiger partial charge in [0.2, 0.25) is 0 Å². The predicted octanol–water partition coefficient (Wildman–Crippen LogP) is 4.12. The van der Waals surface area contributed by atoms with Gasteiger partial charge >= 0.3 is 5.97 Å². The number of likely N-dealkylation sites (N-methyl/N-ethyl adjacent to an activating group) is 1. The summed E-state index contributed by atoms with van der Waals surface area (Å²) in [5, 5.41) is 8.34. The van der Waals surface area contributed by atoms with Crippen molar-refractivity contribution in [2.75, 3.05) is 26.7 Å². The van der Waals surface area contributed by atoms with Crippen LogP contribution in [-0.2, 0) is 13.0 Å². The molecule has 8 nitrogen and oxygen atoms in total. The number of hydrogen-bond donors (Lipinski definition) is 1. The zero-order valence-corrected chi connectivity index (χ0v) is 20.9. The Morgan fingerprint density at radius 1 is 1.03 bits per heavy atom. The largest absolute Gasteiger partial charge is 0.497 e. The van der Waals surface area contributed by atoms with Crippen LogP contribution in [0.5, 0.6) is 5.75 Å². The molecule has 8 heteroatoms. The SMILES string of the molecule is CCN(CC)CCn1c(=O)c(Cc2ccc(OC)cc2)nc2ccccc21.O=C(O)c1cccnc1. The molecule has 0 fully saturated rings. The minimum absolute atomic E-state index is 0.00308. The number of methoxy groups -OCH3 is 1. The average molecular weight is 489 g/mol. The van der Waals surface area contributed by atoms with E-state index < -0.39 is 5.97 Å². The highest BCUT2D eigenvalue weighted by Gasteiger charge is 2.12. The van der Waals surface area contributed by atoms with E-state index in [0.29, 0.717) is 18.7 Å². The van der Waals surface area contributed by atoms with Crippen LogP contribution in [0.4, 0.5) is 0 Å². The maximum Gasteiger partial charge on any atom is 0.337 e. The van der Waals surface area contributed by atoms with Gasteiger partial charge in [-0.3, -0.25) is 9.78 Å². The van der Waals surface area contributed by atoms with Crippen LogP contribution in [0.15, 0.2) is 77.9 Å². The quantitative estimate of drug-likeness (QED) is 0.378. The van der Waals surface area contributed by atoms with Crippen LogP contribution >= 0.6 is 0 Å². The van der Waals surface area contributed by atoms with Gasteiger partial charge in [0.15, 0.2) is 0 Å². The number of rotatable bonds is 9. The number of fused-ring (bicyclic) bond motifs is 1. The summed E-state index contributed by atoms with van der Waals surface area (Å²) in [6.45, 7) is 7.76. The van der Waals surface area contributed by atoms with E-state index in [1.54, 1.807) is 13.2 Å². The lowest BCUT2D eigenvalue weighted by Crippen LogP contribution is -2.33. The smallest absolute Gasteiger partial charge is 0.337 e. The minimum Gasteiger partial charge on any atom is -0.497 e. The average Bonchev–Trinajstić information content (AvgIpc) is 2.92. The fourth-order valence-corrected chi connectivity index (χ4v) is 3.79. The van der Waals surface area contributed by atoms with E-state index in [-0.39, 0.29) is 11.1 Å². The summed E-state index contributed by atoms with van der Waals surface area (Å²) in [5.74, 6) is -0.134. The van der Waals surface area contributed by atoms with Crippen molar-refractivity contribution in [3.8, 4) is 5.75 Å². The highest BCUT2D eigenvalue weighted by Crippen LogP contribution is 2.15. The number of carboxylic acid groups (broad SMARTS) is 1. The Hall–Kier alpha value is -4.04. The summed E-state index contributed by atoms with van der Waals surface area (Å²) < 4.78 is 7.08. The molecular formula is C28H32N4O4. The molecule has 0 amide bonds. The highest BCUT2D eigenvalue weighted by atomic mass is 16.5. The highest BCUT2D eigenvalue weighted by molar-refractivity contribution is 5.86. The maximum absolute atomic E-state index is 13.2. The van der Waals surface area contributed by atoms with Gasteiger partial charge in [0.05, 0.1) is 23.7 Å². The van der Waals surface area contributed by atoms with Crippen molar-refractivity contribution >= 4 is 17.0 Å². The van der Waals surface area contributed by atoms with E-state index in [9.17, 15) is 9.59 Å². The monoisotopic (exact) mass is 488 g/mol. The summed E-state index contributed by atoms with van der Waals surface area (Å²) in [7, 11) is 1.65. The Kier molecular flexibility index (Phi) is 9.71. The summed E-state index contributed by atoms with van der Waals surface area (Å²) in [5.41, 5.74) is 3.60. The molecule has 0 bridgehead atoms. The molecule has 0 aliphatic rings. The molecule has 0 aliphatic heterocycles. The minimum atomic E-state index is -0.942. The molecule has 0 saturated carbocycles. The molecule has 0 spiro atoms. The van der Waals surface area contributed by atoms with Gasteiger partial charge in [-0.05, 0) is 55.1 Å². The molecule has 0 unspecified atom stereocenters. The van der Waals surface area contributed by atoms with E-state index in [4.69, 9.17) is 9.84 Å². The number of nitrogens with zero attached hydrogens (tertiary/aromatic N) is 4. The zero-order chi connectivity index (χ0) is 25.9. The van der Waals surface area contributed by atoms with Crippen molar-refractivity contribution in [1.82, 2.24) is 19.4 Å². The van der Waals surface area contributed by atoms with Gasteiger partial charge in [0.1, 0.15) is 11.4 Å². The summed E-state index contributed by atoms with van der Waals surface area (Å²) in [6.07, 6.45) is 3.35. The van der Waals surface area contributed by atoms with Crippen molar-refractivity contribution in [1.29, 1.82) is 0 Å². The molecule has 36 heavy (non-hydrogen) atoms. The van der Waals surface area contributed by atoms with E-state index in [0.717, 1.165) is 42.0 Å². The molecule has 4 aromatic rings. The third kappa shape index (κ3) is 6.99. The van der Waals surface area contributed by atoms with Crippen molar-refractivity contribution < 1.29 is 14.6 Å². The van der Waals surface area contributed by atoms with Crippen molar-refractivity contribution in [2.45, 2.75) is 26.8 Å². The Labute approximate surface area is 210 Å². The molecule has 1 N–H and O–H groups in total. The van der Waals surface area contributed by atoms with Gasteiger partial charge in [0, 0.05) is 31.9 Å². The molecule has 2 heterocycles. The van der Waals surface area contributed by atoms with E-state index >= 15 is 0 Å². The second-order valence-electron chi connectivity index (χ2n) is 8.10. The number of para-hydroxylation sites is 2. The first-order valence-corrected chi connectivity index (χ1v) is 11.9. The normalized spacial score (nSPS) is 10.7. The number of carboxylic acids is 1. The Bertz CT molecular complexity index is 1320. The van der Waals surface area contributed by atoms with Crippen LogP contribution < -0.4 is 10.3 Å². The van der Waals surface area contributed by atoms with Gasteiger partial charge in [-0.2, -0.15) is 0 Å². The second kappa shape index (κ2) is 13.2. The van der Waals surface area contributed by atoms with Gasteiger partial charge in [-0.25, -0.2) is 9.78 Å². The first-order valence-electron chi connectivity index (χ1n) is 11.9. The van der Waals surface area contributed by atoms with Crippen LogP contribution in [0.25, 0.3) is 11.0 Å². The molecule has 4 rings (SSSR count). The maximum atomic E-state index is 13.2. The number of aromatic nitrogens is 3. The number of pyridine rings is 1. The van der Waals surface area contributed by atoms with Crippen molar-refractivity contribution in [3.63, 3.8) is 0 Å². The predicted molar refractivity (Wildman–Crippen MR) is 141 cm³/mol. The van der Waals surface area contributed by atoms with Crippen LogP contribution in [0.2, 0.25) is 0 Å². The third-order valence-corrected chi connectivity index (χ3v) is 5.89. The van der Waals surface area contributed by atoms with Crippen LogP contribution in [0, 0.1) is 0 Å². The molecule has 0 atom stereocenters.